The van der Waals surface area contributed by atoms with Gasteiger partial charge in [0.1, 0.15) is 11.5 Å². The smallest absolute Gasteiger partial charge is 0.119 e. The van der Waals surface area contributed by atoms with Crippen molar-refractivity contribution < 1.29 is 15.3 Å². The van der Waals surface area contributed by atoms with Crippen LogP contribution in [0.3, 0.4) is 0 Å². The highest BCUT2D eigenvalue weighted by Gasteiger charge is 2.39. The Kier molecular flexibility index (Phi) is 2.11. The molecule has 0 atom stereocenters. The first-order valence-electron chi connectivity index (χ1n) is 4.82. The monoisotopic (exact) mass is 194 g/mol. The van der Waals surface area contributed by atoms with E-state index in [1.807, 2.05) is 0 Å². The second kappa shape index (κ2) is 3.17. The Hall–Kier alpha value is -1.22. The van der Waals surface area contributed by atoms with Gasteiger partial charge in [0.2, 0.25) is 0 Å². The number of hydrogen-bond acceptors (Lipinski definition) is 3. The highest BCUT2D eigenvalue weighted by molar-refractivity contribution is 5.38. The highest BCUT2D eigenvalue weighted by atomic mass is 16.3. The molecule has 0 aromatic heterocycles. The minimum absolute atomic E-state index is 0.153. The largest absolute Gasteiger partial charge is 0.508 e. The van der Waals surface area contributed by atoms with E-state index in [1.165, 1.54) is 12.1 Å². The van der Waals surface area contributed by atoms with Gasteiger partial charge >= 0.3 is 0 Å². The predicted octanol–water partition coefficient (Wildman–Crippen LogP) is 1.56. The Morgan fingerprint density at radius 1 is 1.21 bits per heavy atom. The fourth-order valence-electron chi connectivity index (χ4n) is 1.53. The molecule has 0 heterocycles. The Balaban J connectivity index is 2.04. The van der Waals surface area contributed by atoms with Crippen LogP contribution in [0.4, 0.5) is 0 Å². The molecule has 0 unspecified atom stereocenters. The Bertz CT molecular complexity index is 342. The number of benzene rings is 1. The van der Waals surface area contributed by atoms with E-state index in [9.17, 15) is 15.3 Å². The van der Waals surface area contributed by atoms with Crippen molar-refractivity contribution in [1.29, 1.82) is 0 Å². The van der Waals surface area contributed by atoms with Crippen LogP contribution in [0.2, 0.25) is 0 Å². The maximum absolute atomic E-state index is 9.61. The maximum atomic E-state index is 9.61. The second-order valence-corrected chi connectivity index (χ2v) is 4.04. The molecular formula is C11H14O3. The van der Waals surface area contributed by atoms with Crippen LogP contribution in [0.25, 0.3) is 0 Å². The number of rotatable bonds is 3. The molecule has 1 fully saturated rings. The van der Waals surface area contributed by atoms with Crippen LogP contribution in [-0.4, -0.2) is 20.9 Å². The summed E-state index contributed by atoms with van der Waals surface area (Å²) in [6, 6.07) is 4.47. The summed E-state index contributed by atoms with van der Waals surface area (Å²) in [5, 5.41) is 28.3. The molecule has 76 valence electrons. The molecule has 3 nitrogen and oxygen atoms in total. The molecule has 0 bridgehead atoms. The Morgan fingerprint density at radius 2 is 1.93 bits per heavy atom. The molecule has 0 spiro atoms. The predicted molar refractivity (Wildman–Crippen MR) is 52.3 cm³/mol. The van der Waals surface area contributed by atoms with Crippen LogP contribution in [0.15, 0.2) is 18.2 Å². The van der Waals surface area contributed by atoms with Gasteiger partial charge in [-0.3, -0.25) is 0 Å². The molecule has 1 aromatic rings. The first kappa shape index (κ1) is 9.34. The van der Waals surface area contributed by atoms with Gasteiger partial charge in [-0.1, -0.05) is 0 Å². The molecule has 3 heteroatoms. The lowest BCUT2D eigenvalue weighted by molar-refractivity contribution is 0.140. The molecule has 2 rings (SSSR count). The third-order valence-corrected chi connectivity index (χ3v) is 2.75. The quantitative estimate of drug-likeness (QED) is 0.640. The summed E-state index contributed by atoms with van der Waals surface area (Å²) < 4.78 is 0. The van der Waals surface area contributed by atoms with Crippen molar-refractivity contribution in [2.45, 2.75) is 31.3 Å². The third-order valence-electron chi connectivity index (χ3n) is 2.75. The van der Waals surface area contributed by atoms with Gasteiger partial charge in [0.15, 0.2) is 0 Å². The molecule has 1 aromatic carbocycles. The van der Waals surface area contributed by atoms with E-state index in [1.54, 1.807) is 6.07 Å². The summed E-state index contributed by atoms with van der Waals surface area (Å²) in [5.41, 5.74) is 0.197. The zero-order chi connectivity index (χ0) is 10.2. The van der Waals surface area contributed by atoms with Crippen LogP contribution >= 0.6 is 0 Å². The normalized spacial score (nSPS) is 18.1. The summed E-state index contributed by atoms with van der Waals surface area (Å²) in [4.78, 5) is 0. The van der Waals surface area contributed by atoms with Gasteiger partial charge in [0.05, 0.1) is 5.60 Å². The third kappa shape index (κ3) is 1.99. The van der Waals surface area contributed by atoms with E-state index in [0.717, 1.165) is 12.8 Å². The molecular weight excluding hydrogens is 180 g/mol. The Labute approximate surface area is 82.6 Å². The molecule has 3 N–H and O–H groups in total. The zero-order valence-corrected chi connectivity index (χ0v) is 7.90. The lowest BCUT2D eigenvalue weighted by Crippen LogP contribution is -2.07. The van der Waals surface area contributed by atoms with Crippen molar-refractivity contribution in [2.75, 3.05) is 0 Å². The minimum Gasteiger partial charge on any atom is -0.508 e. The number of aliphatic hydroxyl groups is 1. The first-order valence-corrected chi connectivity index (χ1v) is 4.82. The SMILES string of the molecule is Oc1ccc(O)c(CCC2(O)CC2)c1. The summed E-state index contributed by atoms with van der Waals surface area (Å²) in [7, 11) is 0. The van der Waals surface area contributed by atoms with Crippen molar-refractivity contribution >= 4 is 0 Å². The van der Waals surface area contributed by atoms with Crippen LogP contribution in [0.5, 0.6) is 11.5 Å². The molecule has 14 heavy (non-hydrogen) atoms. The van der Waals surface area contributed by atoms with E-state index in [2.05, 4.69) is 0 Å². The molecule has 0 saturated heterocycles. The van der Waals surface area contributed by atoms with Crippen LogP contribution in [-0.2, 0) is 6.42 Å². The van der Waals surface area contributed by atoms with Gasteiger partial charge in [-0.15, -0.1) is 0 Å². The highest BCUT2D eigenvalue weighted by Crippen LogP contribution is 2.40. The number of aryl methyl sites for hydroxylation is 1. The van der Waals surface area contributed by atoms with E-state index in [0.29, 0.717) is 18.4 Å². The summed E-state index contributed by atoms with van der Waals surface area (Å²) in [5.74, 6) is 0.340. The summed E-state index contributed by atoms with van der Waals surface area (Å²) in [6.45, 7) is 0. The van der Waals surface area contributed by atoms with E-state index in [-0.39, 0.29) is 11.5 Å². The minimum atomic E-state index is -0.502. The van der Waals surface area contributed by atoms with E-state index < -0.39 is 5.60 Å². The van der Waals surface area contributed by atoms with Gasteiger partial charge in [0, 0.05) is 0 Å². The number of phenols is 2. The van der Waals surface area contributed by atoms with Crippen molar-refractivity contribution in [3.63, 3.8) is 0 Å². The van der Waals surface area contributed by atoms with Gasteiger partial charge < -0.3 is 15.3 Å². The van der Waals surface area contributed by atoms with E-state index in [4.69, 9.17) is 0 Å². The standard InChI is InChI=1S/C11H14O3/c12-9-1-2-10(13)8(7-9)3-4-11(14)5-6-11/h1-2,7,12-14H,3-6H2. The Morgan fingerprint density at radius 3 is 2.57 bits per heavy atom. The molecule has 0 amide bonds. The maximum Gasteiger partial charge on any atom is 0.119 e. The molecule has 0 radical (unpaired) electrons. The average molecular weight is 194 g/mol. The van der Waals surface area contributed by atoms with Crippen molar-refractivity contribution in [1.82, 2.24) is 0 Å². The molecule has 1 aliphatic rings. The van der Waals surface area contributed by atoms with Crippen LogP contribution in [0, 0.1) is 0 Å². The number of phenolic OH excluding ortho intramolecular Hbond substituents is 2. The number of aromatic hydroxyl groups is 2. The number of hydrogen-bond donors (Lipinski definition) is 3. The lowest BCUT2D eigenvalue weighted by Gasteiger charge is -2.08. The second-order valence-electron chi connectivity index (χ2n) is 4.04. The van der Waals surface area contributed by atoms with Gasteiger partial charge in [-0.25, -0.2) is 0 Å². The lowest BCUT2D eigenvalue weighted by atomic mass is 10.0. The summed E-state index contributed by atoms with van der Waals surface area (Å²) >= 11 is 0. The van der Waals surface area contributed by atoms with E-state index >= 15 is 0 Å². The molecule has 0 aliphatic heterocycles. The zero-order valence-electron chi connectivity index (χ0n) is 7.90. The molecule has 1 aliphatic carbocycles. The van der Waals surface area contributed by atoms with Crippen molar-refractivity contribution in [3.8, 4) is 11.5 Å². The van der Waals surface area contributed by atoms with Crippen LogP contribution in [0.1, 0.15) is 24.8 Å². The van der Waals surface area contributed by atoms with Crippen molar-refractivity contribution in [2.24, 2.45) is 0 Å². The van der Waals surface area contributed by atoms with Gasteiger partial charge in [-0.05, 0) is 49.4 Å². The van der Waals surface area contributed by atoms with Crippen molar-refractivity contribution in [3.05, 3.63) is 23.8 Å². The summed E-state index contributed by atoms with van der Waals surface area (Å²) in [6.07, 6.45) is 2.97. The fraction of sp³-hybridized carbons (Fsp3) is 0.455. The van der Waals surface area contributed by atoms with Gasteiger partial charge in [0.25, 0.3) is 0 Å². The first-order chi connectivity index (χ1) is 6.59. The molecule has 1 saturated carbocycles. The average Bonchev–Trinajstić information content (AvgIpc) is 2.87. The van der Waals surface area contributed by atoms with Crippen LogP contribution < -0.4 is 0 Å². The topological polar surface area (TPSA) is 60.7 Å². The fourth-order valence-corrected chi connectivity index (χ4v) is 1.53. The van der Waals surface area contributed by atoms with Gasteiger partial charge in [-0.2, -0.15) is 0 Å².